The Morgan fingerprint density at radius 1 is 0.853 bits per heavy atom. The van der Waals surface area contributed by atoms with Crippen molar-refractivity contribution in [3.8, 4) is 0 Å². The second-order valence-electron chi connectivity index (χ2n) is 7.93. The molecule has 0 aliphatic carbocycles. The van der Waals surface area contributed by atoms with Crippen molar-refractivity contribution in [2.75, 3.05) is 12.4 Å². The minimum absolute atomic E-state index is 0.147. The molecule has 0 bridgehead atoms. The number of carbonyl (C=O) groups excluding carboxylic acids is 3. The van der Waals surface area contributed by atoms with Crippen LogP contribution in [0.15, 0.2) is 60.7 Å². The van der Waals surface area contributed by atoms with Gasteiger partial charge in [0.25, 0.3) is 11.8 Å². The number of likely N-dealkylation sites (N-methyl/N-ethyl adjacent to an activating group) is 1. The van der Waals surface area contributed by atoms with Crippen LogP contribution in [0.25, 0.3) is 0 Å². The third-order valence-electron chi connectivity index (χ3n) is 5.52. The molecule has 3 aromatic rings. The Bertz CT molecular complexity index is 1200. The minimum atomic E-state index is -0.675. The fraction of sp³-hybridized carbons (Fsp3) is 0.192. The summed E-state index contributed by atoms with van der Waals surface area (Å²) in [4.78, 5) is 39.5. The van der Waals surface area contributed by atoms with Gasteiger partial charge in [0, 0.05) is 12.7 Å². The Hall–Kier alpha value is -2.86. The van der Waals surface area contributed by atoms with Gasteiger partial charge in [-0.1, -0.05) is 65.1 Å². The van der Waals surface area contributed by atoms with Crippen LogP contribution in [-0.2, 0) is 11.2 Å². The molecule has 2 amide bonds. The number of Topliss-reactive ketones (excluding diaryl/α,β-unsaturated/α-hetero) is 1. The van der Waals surface area contributed by atoms with Crippen LogP contribution >= 0.6 is 34.8 Å². The lowest BCUT2D eigenvalue weighted by atomic mass is 10.00. The molecule has 3 rings (SSSR count). The highest BCUT2D eigenvalue weighted by atomic mass is 35.5. The molecule has 0 spiro atoms. The molecule has 0 saturated heterocycles. The fourth-order valence-corrected chi connectivity index (χ4v) is 4.50. The molecule has 0 aliphatic heterocycles. The summed E-state index contributed by atoms with van der Waals surface area (Å²) in [6.07, 6.45) is 0.311. The Balaban J connectivity index is 1.75. The van der Waals surface area contributed by atoms with E-state index in [1.165, 1.54) is 11.8 Å². The van der Waals surface area contributed by atoms with E-state index in [9.17, 15) is 14.4 Å². The Morgan fingerprint density at radius 3 is 1.91 bits per heavy atom. The van der Waals surface area contributed by atoms with Crippen molar-refractivity contribution in [2.45, 2.75) is 26.3 Å². The van der Waals surface area contributed by atoms with Crippen molar-refractivity contribution in [3.05, 3.63) is 98.0 Å². The van der Waals surface area contributed by atoms with Gasteiger partial charge < -0.3 is 10.2 Å². The van der Waals surface area contributed by atoms with Gasteiger partial charge in [0.1, 0.15) is 0 Å². The molecule has 176 valence electrons. The van der Waals surface area contributed by atoms with E-state index in [0.29, 0.717) is 22.7 Å². The van der Waals surface area contributed by atoms with Gasteiger partial charge in [0.2, 0.25) is 0 Å². The molecule has 1 unspecified atom stereocenters. The maximum Gasteiger partial charge on any atom is 0.258 e. The Labute approximate surface area is 213 Å². The number of carbonyl (C=O) groups is 3. The highest BCUT2D eigenvalue weighted by Gasteiger charge is 2.27. The molecule has 5 nitrogen and oxygen atoms in total. The number of amides is 2. The summed E-state index contributed by atoms with van der Waals surface area (Å²) in [6.45, 7) is 3.26. The molecule has 0 radical (unpaired) electrons. The van der Waals surface area contributed by atoms with E-state index in [4.69, 9.17) is 34.8 Å². The summed E-state index contributed by atoms with van der Waals surface area (Å²) in [5.74, 6) is -0.888. The number of aryl methyl sites for hydroxylation is 1. The maximum atomic E-state index is 13.1. The van der Waals surface area contributed by atoms with Crippen LogP contribution < -0.4 is 5.32 Å². The van der Waals surface area contributed by atoms with Crippen LogP contribution in [0.5, 0.6) is 0 Å². The van der Waals surface area contributed by atoms with Gasteiger partial charge in [-0.05, 0) is 61.7 Å². The maximum absolute atomic E-state index is 13.1. The first-order valence-corrected chi connectivity index (χ1v) is 11.6. The van der Waals surface area contributed by atoms with Crippen molar-refractivity contribution in [1.29, 1.82) is 0 Å². The highest BCUT2D eigenvalue weighted by molar-refractivity contribution is 6.40. The second-order valence-corrected chi connectivity index (χ2v) is 9.15. The summed E-state index contributed by atoms with van der Waals surface area (Å²) in [5, 5.41) is 3.62. The quantitative estimate of drug-likeness (QED) is 0.390. The predicted molar refractivity (Wildman–Crippen MR) is 137 cm³/mol. The minimum Gasteiger partial charge on any atom is -0.331 e. The summed E-state index contributed by atoms with van der Waals surface area (Å²) >= 11 is 18.5. The van der Waals surface area contributed by atoms with Gasteiger partial charge in [0.15, 0.2) is 5.78 Å². The van der Waals surface area contributed by atoms with Crippen molar-refractivity contribution < 1.29 is 14.4 Å². The SMILES string of the molecule is CC(=O)C(Cc1ccc(NC(=O)c2c(Cl)cccc2Cl)cc1)N(C)C(=O)c1c(C)cccc1Cl. The first-order valence-electron chi connectivity index (χ1n) is 10.5. The van der Waals surface area contributed by atoms with Gasteiger partial charge in [-0.15, -0.1) is 0 Å². The van der Waals surface area contributed by atoms with Crippen LogP contribution in [0.1, 0.15) is 38.8 Å². The zero-order valence-corrected chi connectivity index (χ0v) is 21.1. The number of halogens is 3. The van der Waals surface area contributed by atoms with Crippen LogP contribution in [0.3, 0.4) is 0 Å². The average Bonchev–Trinajstić information content (AvgIpc) is 2.77. The summed E-state index contributed by atoms with van der Waals surface area (Å²) in [5.41, 5.74) is 2.69. The van der Waals surface area contributed by atoms with Crippen LogP contribution in [0, 0.1) is 6.92 Å². The number of nitrogens with one attached hydrogen (secondary N) is 1. The zero-order chi connectivity index (χ0) is 25.0. The first kappa shape index (κ1) is 25.8. The number of ketones is 1. The second kappa shape index (κ2) is 11.0. The van der Waals surface area contributed by atoms with E-state index in [1.54, 1.807) is 74.6 Å². The molecular weight excluding hydrogens is 495 g/mol. The smallest absolute Gasteiger partial charge is 0.258 e. The first-order chi connectivity index (χ1) is 16.1. The van der Waals surface area contributed by atoms with Crippen molar-refractivity contribution in [1.82, 2.24) is 4.90 Å². The zero-order valence-electron chi connectivity index (χ0n) is 18.9. The van der Waals surface area contributed by atoms with Crippen molar-refractivity contribution >= 4 is 58.1 Å². The van der Waals surface area contributed by atoms with Gasteiger partial charge in [-0.25, -0.2) is 0 Å². The lowest BCUT2D eigenvalue weighted by molar-refractivity contribution is -0.121. The highest BCUT2D eigenvalue weighted by Crippen LogP contribution is 2.26. The summed E-state index contributed by atoms with van der Waals surface area (Å²) in [7, 11) is 1.60. The standard InChI is InChI=1S/C26H23Cl3N2O3/c1-15-6-4-7-19(27)23(15)26(34)31(3)22(16(2)32)14-17-10-12-18(13-11-17)30-25(33)24-20(28)8-5-9-21(24)29/h4-13,22H,14H2,1-3H3,(H,30,33). The van der Waals surface area contributed by atoms with Crippen molar-refractivity contribution in [2.24, 2.45) is 0 Å². The molecule has 3 aromatic carbocycles. The van der Waals surface area contributed by atoms with E-state index in [-0.39, 0.29) is 27.3 Å². The number of hydrogen-bond acceptors (Lipinski definition) is 3. The molecule has 8 heteroatoms. The topological polar surface area (TPSA) is 66.5 Å². The lowest BCUT2D eigenvalue weighted by Gasteiger charge is -2.27. The van der Waals surface area contributed by atoms with Crippen LogP contribution in [0.4, 0.5) is 5.69 Å². The number of hydrogen-bond donors (Lipinski definition) is 1. The normalized spacial score (nSPS) is 11.6. The number of benzene rings is 3. The van der Waals surface area contributed by atoms with Crippen LogP contribution in [0.2, 0.25) is 15.1 Å². The third kappa shape index (κ3) is 5.79. The summed E-state index contributed by atoms with van der Waals surface area (Å²) in [6, 6.07) is 16.4. The van der Waals surface area contributed by atoms with E-state index < -0.39 is 11.9 Å². The van der Waals surface area contributed by atoms with Gasteiger partial charge in [-0.2, -0.15) is 0 Å². The van der Waals surface area contributed by atoms with Crippen molar-refractivity contribution in [3.63, 3.8) is 0 Å². The number of anilines is 1. The Morgan fingerprint density at radius 2 is 1.38 bits per heavy atom. The summed E-state index contributed by atoms with van der Waals surface area (Å²) < 4.78 is 0. The Kier molecular flexibility index (Phi) is 8.37. The molecule has 0 heterocycles. The number of nitrogens with zero attached hydrogens (tertiary/aromatic N) is 1. The monoisotopic (exact) mass is 516 g/mol. The third-order valence-corrected chi connectivity index (χ3v) is 6.47. The molecule has 1 atom stereocenters. The molecule has 0 aromatic heterocycles. The predicted octanol–water partition coefficient (Wildman–Crippen LogP) is 6.48. The van der Waals surface area contributed by atoms with Gasteiger partial charge in [-0.3, -0.25) is 14.4 Å². The largest absolute Gasteiger partial charge is 0.331 e. The van der Waals surface area contributed by atoms with Crippen LogP contribution in [-0.4, -0.2) is 35.6 Å². The van der Waals surface area contributed by atoms with E-state index in [0.717, 1.165) is 11.1 Å². The molecule has 1 N–H and O–H groups in total. The lowest BCUT2D eigenvalue weighted by Crippen LogP contribution is -2.43. The molecule has 0 aliphatic rings. The molecular formula is C26H23Cl3N2O3. The number of rotatable bonds is 7. The van der Waals surface area contributed by atoms with E-state index in [1.807, 2.05) is 0 Å². The van der Waals surface area contributed by atoms with E-state index in [2.05, 4.69) is 5.32 Å². The van der Waals surface area contributed by atoms with Gasteiger partial charge in [0.05, 0.1) is 32.2 Å². The molecule has 0 saturated carbocycles. The fourth-order valence-electron chi connectivity index (χ4n) is 3.63. The molecule has 0 fully saturated rings. The molecule has 34 heavy (non-hydrogen) atoms. The average molecular weight is 518 g/mol. The van der Waals surface area contributed by atoms with Gasteiger partial charge >= 0.3 is 0 Å². The van der Waals surface area contributed by atoms with E-state index >= 15 is 0 Å².